The average molecular weight is 743 g/mol. The maximum absolute atomic E-state index is 12.4. The summed E-state index contributed by atoms with van der Waals surface area (Å²) < 4.78 is 22.3. The minimum atomic E-state index is -0.00399. The van der Waals surface area contributed by atoms with Gasteiger partial charge in [0.15, 0.2) is 0 Å². The van der Waals surface area contributed by atoms with Crippen LogP contribution in [0.5, 0.6) is 0 Å². The van der Waals surface area contributed by atoms with E-state index in [0.29, 0.717) is 85.6 Å². The monoisotopic (exact) mass is 742 g/mol. The third-order valence-corrected chi connectivity index (χ3v) is 14.7. The van der Waals surface area contributed by atoms with Crippen molar-refractivity contribution in [2.75, 3.05) is 26.4 Å². The predicted octanol–water partition coefficient (Wildman–Crippen LogP) is 8.36. The van der Waals surface area contributed by atoms with Crippen molar-refractivity contribution in [2.45, 2.75) is 103 Å². The van der Waals surface area contributed by atoms with Crippen LogP contribution in [0.15, 0.2) is 48.6 Å². The van der Waals surface area contributed by atoms with Crippen LogP contribution in [0.4, 0.5) is 0 Å². The van der Waals surface area contributed by atoms with E-state index >= 15 is 0 Å². The van der Waals surface area contributed by atoms with Gasteiger partial charge in [0, 0.05) is 0 Å². The Hall–Kier alpha value is -3.16. The Morgan fingerprint density at radius 1 is 0.370 bits per heavy atom. The summed E-state index contributed by atoms with van der Waals surface area (Å²) in [6.07, 6.45) is 34.4. The van der Waals surface area contributed by atoms with Crippen molar-refractivity contribution in [2.24, 2.45) is 82.9 Å². The molecule has 0 saturated heterocycles. The van der Waals surface area contributed by atoms with E-state index in [1.165, 1.54) is 0 Å². The summed E-state index contributed by atoms with van der Waals surface area (Å²) in [6, 6.07) is 0. The first kappa shape index (κ1) is 37.7. The number of ether oxygens (including phenoxy) is 4. The largest absolute Gasteiger partial charge is 0.465 e. The van der Waals surface area contributed by atoms with Crippen LogP contribution < -0.4 is 0 Å². The molecule has 0 N–H and O–H groups in total. The summed E-state index contributed by atoms with van der Waals surface area (Å²) >= 11 is 0. The van der Waals surface area contributed by atoms with Crippen LogP contribution in [0, 0.1) is 82.9 Å². The Morgan fingerprint density at radius 3 is 0.926 bits per heavy atom. The number of allylic oxidation sites excluding steroid dienone is 8. The smallest absolute Gasteiger partial charge is 0.309 e. The van der Waals surface area contributed by atoms with Gasteiger partial charge < -0.3 is 18.9 Å². The van der Waals surface area contributed by atoms with Gasteiger partial charge in [-0.1, -0.05) is 48.6 Å². The zero-order chi connectivity index (χ0) is 37.0. The number of hydrogen-bond donors (Lipinski definition) is 0. The predicted molar refractivity (Wildman–Crippen MR) is 203 cm³/mol. The van der Waals surface area contributed by atoms with E-state index in [0.717, 1.165) is 103 Å². The first-order chi connectivity index (χ1) is 26.4. The van der Waals surface area contributed by atoms with Gasteiger partial charge in [0.2, 0.25) is 0 Å². The molecule has 8 bridgehead atoms. The van der Waals surface area contributed by atoms with Crippen LogP contribution in [-0.2, 0) is 38.1 Å². The summed E-state index contributed by atoms with van der Waals surface area (Å²) in [7, 11) is 0. The molecule has 294 valence electrons. The maximum atomic E-state index is 12.4. The summed E-state index contributed by atoms with van der Waals surface area (Å²) in [6.45, 7) is 2.18. The molecule has 0 aromatic carbocycles. The lowest BCUT2D eigenvalue weighted by atomic mass is 9.83. The van der Waals surface area contributed by atoms with Crippen molar-refractivity contribution in [1.82, 2.24) is 0 Å². The van der Waals surface area contributed by atoms with Gasteiger partial charge in [0.05, 0.1) is 50.1 Å². The molecule has 0 heterocycles. The van der Waals surface area contributed by atoms with Crippen molar-refractivity contribution >= 4 is 23.9 Å². The molecule has 5 saturated carbocycles. The fourth-order valence-corrected chi connectivity index (χ4v) is 11.5. The fraction of sp³-hybridized carbons (Fsp3) is 0.739. The molecule has 8 nitrogen and oxygen atoms in total. The van der Waals surface area contributed by atoms with Gasteiger partial charge in [-0.05, 0) is 162 Å². The Labute approximate surface area is 321 Å². The minimum Gasteiger partial charge on any atom is -0.465 e. The second-order valence-corrected chi connectivity index (χ2v) is 18.4. The highest BCUT2D eigenvalue weighted by molar-refractivity contribution is 5.75. The second kappa shape index (κ2) is 17.3. The molecule has 0 aliphatic heterocycles. The van der Waals surface area contributed by atoms with Crippen molar-refractivity contribution in [3.8, 4) is 0 Å². The van der Waals surface area contributed by atoms with Gasteiger partial charge >= 0.3 is 23.9 Å². The molecule has 0 radical (unpaired) electrons. The Bertz CT molecular complexity index is 1370. The highest BCUT2D eigenvalue weighted by Gasteiger charge is 2.44. The lowest BCUT2D eigenvalue weighted by Gasteiger charge is -2.29. The second-order valence-electron chi connectivity index (χ2n) is 18.4. The van der Waals surface area contributed by atoms with Crippen LogP contribution in [0.3, 0.4) is 0 Å². The van der Waals surface area contributed by atoms with E-state index in [4.69, 9.17) is 18.9 Å². The van der Waals surface area contributed by atoms with Crippen LogP contribution in [0.2, 0.25) is 0 Å². The first-order valence-electron chi connectivity index (χ1n) is 21.8. The molecule has 0 aromatic heterocycles. The highest BCUT2D eigenvalue weighted by Crippen LogP contribution is 2.47. The number of hydrogen-bond acceptors (Lipinski definition) is 8. The Balaban J connectivity index is 0.000000154. The van der Waals surface area contributed by atoms with Gasteiger partial charge in [-0.15, -0.1) is 0 Å². The molecule has 9 aliphatic carbocycles. The van der Waals surface area contributed by atoms with Crippen molar-refractivity contribution < 1.29 is 38.1 Å². The third-order valence-electron chi connectivity index (χ3n) is 14.7. The number of rotatable bonds is 15. The summed E-state index contributed by atoms with van der Waals surface area (Å²) in [5.41, 5.74) is 0. The molecule has 0 spiro atoms. The minimum absolute atomic E-state index is 0.00399. The topological polar surface area (TPSA) is 105 Å². The number of carbonyl (C=O) groups is 4. The highest BCUT2D eigenvalue weighted by atomic mass is 16.5. The van der Waals surface area contributed by atoms with E-state index in [9.17, 15) is 19.2 Å². The average Bonchev–Trinajstić information content (AvgIpc) is 4.06. The van der Waals surface area contributed by atoms with Crippen LogP contribution in [0.1, 0.15) is 103 Å². The molecule has 0 aromatic rings. The van der Waals surface area contributed by atoms with E-state index in [1.807, 2.05) is 0 Å². The molecular formula is C46H62O8. The van der Waals surface area contributed by atoms with Crippen molar-refractivity contribution in [3.05, 3.63) is 48.6 Å². The Kier molecular flexibility index (Phi) is 12.1. The molecule has 12 atom stereocenters. The molecule has 5 fully saturated rings. The van der Waals surface area contributed by atoms with Crippen LogP contribution in [0.25, 0.3) is 0 Å². The fourth-order valence-electron chi connectivity index (χ4n) is 11.5. The molecular weight excluding hydrogens is 680 g/mol. The van der Waals surface area contributed by atoms with Crippen LogP contribution in [-0.4, -0.2) is 50.3 Å². The van der Waals surface area contributed by atoms with Gasteiger partial charge in [-0.3, -0.25) is 19.2 Å². The van der Waals surface area contributed by atoms with E-state index < -0.39 is 0 Å². The van der Waals surface area contributed by atoms with Crippen LogP contribution >= 0.6 is 0 Å². The molecule has 9 rings (SSSR count). The van der Waals surface area contributed by atoms with Gasteiger partial charge in [0.25, 0.3) is 0 Å². The first-order valence-corrected chi connectivity index (χ1v) is 21.8. The zero-order valence-corrected chi connectivity index (χ0v) is 32.1. The molecule has 9 aliphatic rings. The van der Waals surface area contributed by atoms with Gasteiger partial charge in [-0.25, -0.2) is 0 Å². The molecule has 0 amide bonds. The lowest BCUT2D eigenvalue weighted by Crippen LogP contribution is -2.28. The van der Waals surface area contributed by atoms with Crippen molar-refractivity contribution in [3.63, 3.8) is 0 Å². The normalized spacial score (nSPS) is 39.6. The van der Waals surface area contributed by atoms with Gasteiger partial charge in [-0.2, -0.15) is 0 Å². The SMILES string of the molecule is O=C(OCC1CCC(COC(=O)C2CC3C=CC2C3)CC1)C1CC2C=CC1C2.O=C(OCCCCCCOC(=O)C1CC2C=CC1C2)C1CC2C=CC1C2. The van der Waals surface area contributed by atoms with Crippen molar-refractivity contribution in [1.29, 1.82) is 0 Å². The number of carbonyl (C=O) groups excluding carboxylic acids is 4. The van der Waals surface area contributed by atoms with E-state index in [1.54, 1.807) is 0 Å². The summed E-state index contributed by atoms with van der Waals surface area (Å²) in [5, 5.41) is 0. The molecule has 12 unspecified atom stereocenters. The molecule has 8 heteroatoms. The van der Waals surface area contributed by atoms with E-state index in [2.05, 4.69) is 48.6 Å². The van der Waals surface area contributed by atoms with E-state index in [-0.39, 0.29) is 47.5 Å². The number of fused-ring (bicyclic) bond motifs is 8. The number of unbranched alkanes of at least 4 members (excludes halogenated alkanes) is 3. The number of esters is 4. The molecule has 54 heavy (non-hydrogen) atoms. The zero-order valence-electron chi connectivity index (χ0n) is 32.1. The summed E-state index contributed by atoms with van der Waals surface area (Å²) in [4.78, 5) is 49.0. The standard InChI is InChI=1S/C24H32O4.C22H30O4/c25-23(21-11-17-5-7-19(21)9-17)27-13-15-1-2-16(4-3-15)14-28-24(26)22-12-18-6-8-20(22)10-18;23-21(19-13-15-5-7-17(19)11-15)25-9-3-1-2-4-10-26-22(24)20-14-16-6-8-18(20)12-16/h5-8,15-22H,1-4,9-14H2;5-8,15-20H,1-4,9-14H2. The third kappa shape index (κ3) is 8.94. The van der Waals surface area contributed by atoms with Gasteiger partial charge in [0.1, 0.15) is 0 Å². The summed E-state index contributed by atoms with van der Waals surface area (Å²) in [5.74, 6) is 5.52. The maximum Gasteiger partial charge on any atom is 0.309 e. The Morgan fingerprint density at radius 2 is 0.667 bits per heavy atom. The lowest BCUT2D eigenvalue weighted by molar-refractivity contribution is -0.153. The quantitative estimate of drug-likeness (QED) is 0.0714.